The summed E-state index contributed by atoms with van der Waals surface area (Å²) in [5.41, 5.74) is 2.08. The molecule has 0 spiro atoms. The first-order valence-electron chi connectivity index (χ1n) is 9.47. The zero-order valence-corrected chi connectivity index (χ0v) is 19.3. The highest BCUT2D eigenvalue weighted by atomic mass is 127. The Hall–Kier alpha value is -3.41. The molecule has 0 radical (unpaired) electrons. The van der Waals surface area contributed by atoms with Crippen LogP contribution >= 0.6 is 22.6 Å². The molecule has 2 aromatic rings. The number of hydrogen-bond acceptors (Lipinski definition) is 6. The first kappa shape index (κ1) is 23.3. The van der Waals surface area contributed by atoms with E-state index in [1.165, 1.54) is 29.3 Å². The van der Waals surface area contributed by atoms with Gasteiger partial charge < -0.3 is 19.7 Å². The van der Waals surface area contributed by atoms with Gasteiger partial charge in [-0.15, -0.1) is 0 Å². The van der Waals surface area contributed by atoms with Crippen molar-refractivity contribution in [3.05, 3.63) is 56.7 Å². The van der Waals surface area contributed by atoms with Crippen molar-refractivity contribution in [1.29, 1.82) is 0 Å². The third-order valence-electron chi connectivity index (χ3n) is 4.40. The molecule has 10 heteroatoms. The van der Waals surface area contributed by atoms with E-state index in [-0.39, 0.29) is 11.5 Å². The van der Waals surface area contributed by atoms with Gasteiger partial charge in [-0.05, 0) is 84.5 Å². The minimum Gasteiger partial charge on any atom is -0.490 e. The maximum absolute atomic E-state index is 13.0. The third-order valence-corrected chi connectivity index (χ3v) is 5.21. The lowest BCUT2D eigenvalue weighted by Gasteiger charge is -2.14. The molecule has 1 aliphatic rings. The minimum atomic E-state index is -1.10. The van der Waals surface area contributed by atoms with Gasteiger partial charge in [0.15, 0.2) is 18.1 Å². The Bertz CT molecular complexity index is 1140. The highest BCUT2D eigenvalue weighted by Crippen LogP contribution is 2.35. The van der Waals surface area contributed by atoms with E-state index < -0.39 is 18.5 Å². The summed E-state index contributed by atoms with van der Waals surface area (Å²) in [5, 5.41) is 23.4. The highest BCUT2D eigenvalue weighted by molar-refractivity contribution is 14.1. The molecule has 0 unspecified atom stereocenters. The zero-order chi connectivity index (χ0) is 23.4. The Morgan fingerprint density at radius 2 is 1.84 bits per heavy atom. The van der Waals surface area contributed by atoms with Crippen LogP contribution in [0.15, 0.2) is 47.1 Å². The molecule has 3 rings (SSSR count). The number of hydrazone groups is 1. The van der Waals surface area contributed by atoms with Crippen molar-refractivity contribution >= 4 is 57.9 Å². The summed E-state index contributed by atoms with van der Waals surface area (Å²) in [6, 6.07) is 9.27. The van der Waals surface area contributed by atoms with Crippen LogP contribution in [0.5, 0.6) is 11.5 Å². The maximum atomic E-state index is 13.0. The summed E-state index contributed by atoms with van der Waals surface area (Å²) in [6.07, 6.45) is 1.67. The number of nitrogens with zero attached hydrogens (tertiary/aromatic N) is 2. The van der Waals surface area contributed by atoms with Crippen molar-refractivity contribution in [2.24, 2.45) is 5.10 Å². The fourth-order valence-corrected chi connectivity index (χ4v) is 3.76. The van der Waals surface area contributed by atoms with Crippen LogP contribution in [0.25, 0.3) is 6.08 Å². The normalized spacial score (nSPS) is 14.5. The van der Waals surface area contributed by atoms with Crippen LogP contribution in [0, 0.1) is 3.57 Å². The number of carbonyl (C=O) groups is 3. The van der Waals surface area contributed by atoms with E-state index in [4.69, 9.17) is 19.7 Å². The molecule has 0 atom stereocenters. The van der Waals surface area contributed by atoms with E-state index in [0.29, 0.717) is 44.2 Å². The molecule has 1 heterocycles. The Morgan fingerprint density at radius 1 is 1.16 bits per heavy atom. The standard InChI is InChI=1S/C22H19IN2O7/c1-3-31-18-10-13(9-17(23)20(18)32-11-19(26)27)8-16-12(2)24-25(21(16)28)15-6-4-14(5-7-15)22(29)30/h4-10H,3,11H2,1-2H3,(H,26,27)(H,29,30)/b16-8+. The van der Waals surface area contributed by atoms with Crippen LogP contribution in [0.2, 0.25) is 0 Å². The van der Waals surface area contributed by atoms with Crippen LogP contribution in [0.1, 0.15) is 29.8 Å². The lowest BCUT2D eigenvalue weighted by Crippen LogP contribution is -2.21. The van der Waals surface area contributed by atoms with Gasteiger partial charge in [0.1, 0.15) is 0 Å². The SMILES string of the molecule is CCOc1cc(/C=C2/C(=O)N(c3ccc(C(=O)O)cc3)N=C2C)cc(I)c1OCC(=O)O. The second-order valence-corrected chi connectivity index (χ2v) is 7.82. The third kappa shape index (κ3) is 5.07. The average molecular weight is 550 g/mol. The van der Waals surface area contributed by atoms with Crippen molar-refractivity contribution in [1.82, 2.24) is 0 Å². The molecule has 0 aliphatic carbocycles. The second-order valence-electron chi connectivity index (χ2n) is 6.66. The number of hydrogen-bond donors (Lipinski definition) is 2. The number of anilines is 1. The molecule has 0 fully saturated rings. The minimum absolute atomic E-state index is 0.111. The van der Waals surface area contributed by atoms with Gasteiger partial charge in [-0.3, -0.25) is 4.79 Å². The predicted molar refractivity (Wildman–Crippen MR) is 125 cm³/mol. The van der Waals surface area contributed by atoms with E-state index in [1.54, 1.807) is 32.1 Å². The first-order chi connectivity index (χ1) is 15.2. The highest BCUT2D eigenvalue weighted by Gasteiger charge is 2.29. The van der Waals surface area contributed by atoms with Crippen LogP contribution in [0.4, 0.5) is 5.69 Å². The monoisotopic (exact) mass is 550 g/mol. The number of aliphatic carboxylic acids is 1. The summed E-state index contributed by atoms with van der Waals surface area (Å²) in [5.74, 6) is -1.83. The molecule has 0 bridgehead atoms. The van der Waals surface area contributed by atoms with Crippen molar-refractivity contribution in [2.75, 3.05) is 18.2 Å². The van der Waals surface area contributed by atoms with Crippen molar-refractivity contribution < 1.29 is 34.1 Å². The Labute approximate surface area is 197 Å². The van der Waals surface area contributed by atoms with Gasteiger partial charge in [0.05, 0.1) is 32.7 Å². The van der Waals surface area contributed by atoms with Crippen LogP contribution in [-0.4, -0.2) is 47.0 Å². The number of aromatic carboxylic acids is 1. The molecule has 166 valence electrons. The van der Waals surface area contributed by atoms with Gasteiger partial charge in [-0.2, -0.15) is 10.1 Å². The molecule has 0 saturated heterocycles. The molecular formula is C22H19IN2O7. The quantitative estimate of drug-likeness (QED) is 0.380. The van der Waals surface area contributed by atoms with Crippen LogP contribution in [0.3, 0.4) is 0 Å². The fraction of sp³-hybridized carbons (Fsp3) is 0.182. The summed E-state index contributed by atoms with van der Waals surface area (Å²) in [6.45, 7) is 3.34. The average Bonchev–Trinajstić information content (AvgIpc) is 3.01. The van der Waals surface area contributed by atoms with Gasteiger partial charge >= 0.3 is 11.9 Å². The van der Waals surface area contributed by atoms with E-state index in [2.05, 4.69) is 5.10 Å². The van der Waals surface area contributed by atoms with Crippen LogP contribution in [-0.2, 0) is 9.59 Å². The number of benzene rings is 2. The lowest BCUT2D eigenvalue weighted by molar-refractivity contribution is -0.139. The fourth-order valence-electron chi connectivity index (χ4n) is 2.98. The summed E-state index contributed by atoms with van der Waals surface area (Å²) >= 11 is 2.02. The number of carboxylic acid groups (broad SMARTS) is 2. The first-order valence-corrected chi connectivity index (χ1v) is 10.5. The van der Waals surface area contributed by atoms with Crippen LogP contribution < -0.4 is 14.5 Å². The number of amides is 1. The molecule has 0 aromatic heterocycles. The summed E-state index contributed by atoms with van der Waals surface area (Å²) in [4.78, 5) is 34.9. The van der Waals surface area contributed by atoms with E-state index in [9.17, 15) is 14.4 Å². The van der Waals surface area contributed by atoms with E-state index >= 15 is 0 Å². The topological polar surface area (TPSA) is 126 Å². The van der Waals surface area contributed by atoms with Gasteiger partial charge in [0, 0.05) is 0 Å². The molecule has 2 aromatic carbocycles. The largest absolute Gasteiger partial charge is 0.490 e. The number of carboxylic acids is 2. The summed E-state index contributed by atoms with van der Waals surface area (Å²) < 4.78 is 11.6. The molecular weight excluding hydrogens is 531 g/mol. The van der Waals surface area contributed by atoms with Crippen molar-refractivity contribution in [3.63, 3.8) is 0 Å². The second kappa shape index (κ2) is 9.81. The summed E-state index contributed by atoms with van der Waals surface area (Å²) in [7, 11) is 0. The van der Waals surface area contributed by atoms with E-state index in [0.717, 1.165) is 0 Å². The molecule has 9 nitrogen and oxygen atoms in total. The van der Waals surface area contributed by atoms with Gasteiger partial charge in [0.2, 0.25) is 0 Å². The lowest BCUT2D eigenvalue weighted by atomic mass is 10.1. The van der Waals surface area contributed by atoms with Gasteiger partial charge in [-0.25, -0.2) is 9.59 Å². The number of ether oxygens (including phenoxy) is 2. The maximum Gasteiger partial charge on any atom is 0.341 e. The number of carbonyl (C=O) groups excluding carboxylic acids is 1. The van der Waals surface area contributed by atoms with Gasteiger partial charge in [-0.1, -0.05) is 0 Å². The molecule has 1 aliphatic heterocycles. The van der Waals surface area contributed by atoms with E-state index in [1.807, 2.05) is 22.6 Å². The Morgan fingerprint density at radius 3 is 2.44 bits per heavy atom. The van der Waals surface area contributed by atoms with Crippen molar-refractivity contribution in [3.8, 4) is 11.5 Å². The number of rotatable bonds is 8. The predicted octanol–water partition coefficient (Wildman–Crippen LogP) is 3.66. The van der Waals surface area contributed by atoms with Crippen molar-refractivity contribution in [2.45, 2.75) is 13.8 Å². The van der Waals surface area contributed by atoms with Gasteiger partial charge in [0.25, 0.3) is 5.91 Å². The smallest absolute Gasteiger partial charge is 0.341 e. The number of halogens is 1. The Kier molecular flexibility index (Phi) is 7.13. The zero-order valence-electron chi connectivity index (χ0n) is 17.2. The molecule has 32 heavy (non-hydrogen) atoms. The molecule has 2 N–H and O–H groups in total. The molecule has 0 saturated carbocycles. The Balaban J connectivity index is 1.92. The molecule has 1 amide bonds.